The second-order valence-electron chi connectivity index (χ2n) is 5.09. The summed E-state index contributed by atoms with van der Waals surface area (Å²) >= 11 is 5.73. The molecular formula is C14H11ClF3N3O5. The zero-order valence-corrected chi connectivity index (χ0v) is 13.8. The van der Waals surface area contributed by atoms with Gasteiger partial charge in [-0.3, -0.25) is 15.0 Å². The first-order valence-electron chi connectivity index (χ1n) is 6.93. The minimum Gasteiger partial charge on any atom is -0.466 e. The normalized spacial score (nSPS) is 17.8. The van der Waals surface area contributed by atoms with Crippen LogP contribution in [0, 0.1) is 10.1 Å². The van der Waals surface area contributed by atoms with Gasteiger partial charge in [0, 0.05) is 15.6 Å². The summed E-state index contributed by atoms with van der Waals surface area (Å²) in [4.78, 5) is 35.0. The first-order chi connectivity index (χ1) is 12.1. The fraction of sp³-hybridized carbons (Fsp3) is 0.286. The van der Waals surface area contributed by atoms with Gasteiger partial charge in [0.2, 0.25) is 6.54 Å². The second-order valence-corrected chi connectivity index (χ2v) is 5.52. The van der Waals surface area contributed by atoms with Crippen LogP contribution in [0.25, 0.3) is 0 Å². The number of rotatable bonds is 4. The van der Waals surface area contributed by atoms with Crippen LogP contribution in [-0.4, -0.2) is 42.8 Å². The van der Waals surface area contributed by atoms with Crippen LogP contribution in [0.2, 0.25) is 5.02 Å². The number of methoxy groups -OCH3 is 1. The Labute approximate surface area is 149 Å². The molecule has 1 aliphatic heterocycles. The third-order valence-corrected chi connectivity index (χ3v) is 3.73. The van der Waals surface area contributed by atoms with Gasteiger partial charge in [-0.15, -0.1) is 0 Å². The van der Waals surface area contributed by atoms with E-state index in [-0.39, 0.29) is 10.7 Å². The third-order valence-electron chi connectivity index (χ3n) is 3.48. The second kappa shape index (κ2) is 7.20. The number of carbonyl (C=O) groups is 2. The van der Waals surface area contributed by atoms with Crippen molar-refractivity contribution < 1.29 is 32.4 Å². The van der Waals surface area contributed by atoms with Gasteiger partial charge in [-0.05, 0) is 24.3 Å². The van der Waals surface area contributed by atoms with E-state index >= 15 is 0 Å². The number of halogens is 4. The Hall–Kier alpha value is -2.82. The molecular weight excluding hydrogens is 383 g/mol. The maximum Gasteiger partial charge on any atom is 0.432 e. The van der Waals surface area contributed by atoms with Crippen molar-refractivity contribution in [2.45, 2.75) is 12.2 Å². The number of benzene rings is 1. The summed E-state index contributed by atoms with van der Waals surface area (Å²) in [6, 6.07) is 2.13. The smallest absolute Gasteiger partial charge is 0.432 e. The van der Waals surface area contributed by atoms with Crippen LogP contribution >= 0.6 is 11.6 Å². The Morgan fingerprint density at radius 2 is 1.96 bits per heavy atom. The summed E-state index contributed by atoms with van der Waals surface area (Å²) in [5.74, 6) is -1.44. The number of allylic oxidation sites excluding steroid dienone is 1. The molecule has 2 rings (SSSR count). The SMILES string of the molecule is COC(=O)C1=C(C(F)(F)F)NC(=O)N(c2ccc(Cl)cc2)C1C[N+](=O)[O-]. The lowest BCUT2D eigenvalue weighted by Gasteiger charge is -2.36. The molecule has 12 heteroatoms. The highest BCUT2D eigenvalue weighted by Crippen LogP contribution is 2.35. The summed E-state index contributed by atoms with van der Waals surface area (Å²) in [6.07, 6.45) is -5.12. The van der Waals surface area contributed by atoms with Crippen molar-refractivity contribution in [1.82, 2.24) is 5.32 Å². The molecule has 1 unspecified atom stereocenters. The summed E-state index contributed by atoms with van der Waals surface area (Å²) in [5, 5.41) is 12.8. The van der Waals surface area contributed by atoms with Crippen molar-refractivity contribution in [3.63, 3.8) is 0 Å². The van der Waals surface area contributed by atoms with E-state index in [9.17, 15) is 32.9 Å². The summed E-state index contributed by atoms with van der Waals surface area (Å²) < 4.78 is 44.2. The number of nitro groups is 1. The fourth-order valence-electron chi connectivity index (χ4n) is 2.46. The molecule has 0 aromatic heterocycles. The number of anilines is 1. The minimum absolute atomic E-state index is 0.0152. The molecule has 0 fully saturated rings. The number of esters is 1. The number of urea groups is 1. The van der Waals surface area contributed by atoms with Crippen LogP contribution in [-0.2, 0) is 9.53 Å². The molecule has 0 aliphatic carbocycles. The number of nitrogens with zero attached hydrogens (tertiary/aromatic N) is 2. The van der Waals surface area contributed by atoms with Crippen LogP contribution < -0.4 is 10.2 Å². The number of hydrogen-bond acceptors (Lipinski definition) is 5. The van der Waals surface area contributed by atoms with E-state index in [1.54, 1.807) is 5.32 Å². The van der Waals surface area contributed by atoms with Gasteiger partial charge in [0.15, 0.2) is 0 Å². The molecule has 1 aromatic rings. The van der Waals surface area contributed by atoms with E-state index < -0.39 is 47.0 Å². The molecule has 1 heterocycles. The predicted octanol–water partition coefficient (Wildman–Crippen LogP) is 2.50. The lowest BCUT2D eigenvalue weighted by molar-refractivity contribution is -0.480. The number of nitrogens with one attached hydrogen (secondary N) is 1. The van der Waals surface area contributed by atoms with Crippen molar-refractivity contribution >= 4 is 29.3 Å². The van der Waals surface area contributed by atoms with Crippen LogP contribution in [0.1, 0.15) is 0 Å². The lowest BCUT2D eigenvalue weighted by Crippen LogP contribution is -2.58. The summed E-state index contributed by atoms with van der Waals surface area (Å²) in [6.45, 7) is -1.14. The van der Waals surface area contributed by atoms with E-state index in [0.29, 0.717) is 4.90 Å². The molecule has 1 N–H and O–H groups in total. The molecule has 0 radical (unpaired) electrons. The van der Waals surface area contributed by atoms with Crippen LogP contribution in [0.5, 0.6) is 0 Å². The zero-order valence-electron chi connectivity index (χ0n) is 13.0. The van der Waals surface area contributed by atoms with Crippen LogP contribution in [0.15, 0.2) is 35.5 Å². The highest BCUT2D eigenvalue weighted by Gasteiger charge is 2.50. The molecule has 2 amide bonds. The van der Waals surface area contributed by atoms with Crippen LogP contribution in [0.3, 0.4) is 0 Å². The molecule has 140 valence electrons. The lowest BCUT2D eigenvalue weighted by atomic mass is 9.99. The number of amides is 2. The number of hydrogen-bond donors (Lipinski definition) is 1. The molecule has 0 saturated heterocycles. The summed E-state index contributed by atoms with van der Waals surface area (Å²) in [5.41, 5.74) is -2.74. The quantitative estimate of drug-likeness (QED) is 0.481. The van der Waals surface area contributed by atoms with Crippen molar-refractivity contribution in [3.05, 3.63) is 50.7 Å². The molecule has 1 atom stereocenters. The van der Waals surface area contributed by atoms with Gasteiger partial charge in [-0.25, -0.2) is 9.59 Å². The Bertz CT molecular complexity index is 779. The Kier molecular flexibility index (Phi) is 5.40. The van der Waals surface area contributed by atoms with E-state index in [4.69, 9.17) is 11.6 Å². The largest absolute Gasteiger partial charge is 0.466 e. The first kappa shape index (κ1) is 19.5. The van der Waals surface area contributed by atoms with Gasteiger partial charge in [0.1, 0.15) is 11.7 Å². The number of ether oxygens (including phenoxy) is 1. The molecule has 0 saturated carbocycles. The van der Waals surface area contributed by atoms with E-state index in [2.05, 4.69) is 4.74 Å². The molecule has 8 nitrogen and oxygen atoms in total. The topological polar surface area (TPSA) is 102 Å². The van der Waals surface area contributed by atoms with E-state index in [1.165, 1.54) is 24.3 Å². The standard InChI is InChI=1S/C14H11ClF3N3O5/c1-26-12(22)10-9(6-20(24)25)21(8-4-2-7(15)3-5-8)13(23)19-11(10)14(16,17)18/h2-5,9H,6H2,1H3,(H,19,23). The van der Waals surface area contributed by atoms with E-state index in [0.717, 1.165) is 7.11 Å². The Morgan fingerprint density at radius 3 is 2.42 bits per heavy atom. The van der Waals surface area contributed by atoms with Crippen molar-refractivity contribution in [2.24, 2.45) is 0 Å². The fourth-order valence-corrected chi connectivity index (χ4v) is 2.58. The van der Waals surface area contributed by atoms with Gasteiger partial charge in [0.05, 0.1) is 12.7 Å². The maximum atomic E-state index is 13.3. The van der Waals surface area contributed by atoms with Gasteiger partial charge in [-0.1, -0.05) is 11.6 Å². The average Bonchev–Trinajstić information content (AvgIpc) is 2.54. The Balaban J connectivity index is 2.68. The Morgan fingerprint density at radius 1 is 1.38 bits per heavy atom. The maximum absolute atomic E-state index is 13.3. The van der Waals surface area contributed by atoms with E-state index in [1.807, 2.05) is 0 Å². The van der Waals surface area contributed by atoms with Crippen molar-refractivity contribution in [1.29, 1.82) is 0 Å². The molecule has 0 bridgehead atoms. The van der Waals surface area contributed by atoms with Gasteiger partial charge in [-0.2, -0.15) is 13.2 Å². The number of carbonyl (C=O) groups excluding carboxylic acids is 2. The molecule has 1 aromatic carbocycles. The predicted molar refractivity (Wildman–Crippen MR) is 83.2 cm³/mol. The highest BCUT2D eigenvalue weighted by molar-refractivity contribution is 6.30. The zero-order chi connectivity index (χ0) is 19.6. The van der Waals surface area contributed by atoms with Crippen LogP contribution in [0.4, 0.5) is 23.7 Å². The van der Waals surface area contributed by atoms with Gasteiger partial charge >= 0.3 is 18.2 Å². The highest BCUT2D eigenvalue weighted by atomic mass is 35.5. The molecule has 1 aliphatic rings. The van der Waals surface area contributed by atoms with Gasteiger partial charge in [0.25, 0.3) is 0 Å². The minimum atomic E-state index is -5.12. The van der Waals surface area contributed by atoms with Gasteiger partial charge < -0.3 is 10.1 Å². The van der Waals surface area contributed by atoms with Crippen molar-refractivity contribution in [2.75, 3.05) is 18.6 Å². The average molecular weight is 394 g/mol. The van der Waals surface area contributed by atoms with Crippen molar-refractivity contribution in [3.8, 4) is 0 Å². The monoisotopic (exact) mass is 393 g/mol. The summed E-state index contributed by atoms with van der Waals surface area (Å²) in [7, 11) is 0.829. The number of alkyl halides is 3. The third kappa shape index (κ3) is 3.87. The first-order valence-corrected chi connectivity index (χ1v) is 7.31. The molecule has 0 spiro atoms. The molecule has 26 heavy (non-hydrogen) atoms.